The molecule has 0 radical (unpaired) electrons. The van der Waals surface area contributed by atoms with Gasteiger partial charge in [-0.1, -0.05) is 25.1 Å². The van der Waals surface area contributed by atoms with Crippen molar-refractivity contribution in [3.8, 4) is 5.69 Å². The third kappa shape index (κ3) is 4.66. The number of hydrogen-bond acceptors (Lipinski definition) is 4. The molecule has 0 spiro atoms. The minimum absolute atomic E-state index is 0.0362. The summed E-state index contributed by atoms with van der Waals surface area (Å²) in [5.74, 6) is 0.723. The van der Waals surface area contributed by atoms with Crippen LogP contribution in [-0.2, 0) is 11.2 Å². The molecule has 0 fully saturated rings. The van der Waals surface area contributed by atoms with Gasteiger partial charge in [0.25, 0.3) is 0 Å². The van der Waals surface area contributed by atoms with Crippen molar-refractivity contribution in [3.05, 3.63) is 42.5 Å². The lowest BCUT2D eigenvalue weighted by Crippen LogP contribution is -2.27. The van der Waals surface area contributed by atoms with Crippen LogP contribution < -0.4 is 5.32 Å². The first-order chi connectivity index (χ1) is 10.7. The number of aliphatic hydroxyl groups excluding tert-OH is 1. The van der Waals surface area contributed by atoms with Gasteiger partial charge in [-0.15, -0.1) is 10.2 Å². The molecule has 0 saturated carbocycles. The molecule has 0 aliphatic carbocycles. The SMILES string of the molecule is CCC(O)CCNC(=O)CCc1nncn1-c1ccccc1. The average molecular weight is 302 g/mol. The van der Waals surface area contributed by atoms with Gasteiger partial charge in [-0.25, -0.2) is 0 Å². The van der Waals surface area contributed by atoms with Crippen molar-refractivity contribution in [2.45, 2.75) is 38.7 Å². The largest absolute Gasteiger partial charge is 0.393 e. The molecule has 118 valence electrons. The first-order valence-electron chi connectivity index (χ1n) is 7.59. The van der Waals surface area contributed by atoms with Crippen molar-refractivity contribution in [1.29, 1.82) is 0 Å². The second kappa shape index (κ2) is 8.29. The number of nitrogens with one attached hydrogen (secondary N) is 1. The quantitative estimate of drug-likeness (QED) is 0.774. The van der Waals surface area contributed by atoms with Crippen molar-refractivity contribution in [3.63, 3.8) is 0 Å². The van der Waals surface area contributed by atoms with Crippen LogP contribution in [-0.4, -0.2) is 38.4 Å². The lowest BCUT2D eigenvalue weighted by Gasteiger charge is -2.09. The van der Waals surface area contributed by atoms with E-state index in [1.165, 1.54) is 0 Å². The van der Waals surface area contributed by atoms with E-state index in [0.717, 1.165) is 11.5 Å². The minimum Gasteiger partial charge on any atom is -0.393 e. The number of para-hydroxylation sites is 1. The van der Waals surface area contributed by atoms with Gasteiger partial charge < -0.3 is 10.4 Å². The Balaban J connectivity index is 1.83. The zero-order valence-electron chi connectivity index (χ0n) is 12.8. The fourth-order valence-corrected chi connectivity index (χ4v) is 2.13. The molecule has 1 heterocycles. The highest BCUT2D eigenvalue weighted by Gasteiger charge is 2.09. The van der Waals surface area contributed by atoms with E-state index in [1.54, 1.807) is 6.33 Å². The Bertz CT molecular complexity index is 583. The molecule has 22 heavy (non-hydrogen) atoms. The molecule has 0 aliphatic heterocycles. The Hall–Kier alpha value is -2.21. The molecule has 2 rings (SSSR count). The van der Waals surface area contributed by atoms with Gasteiger partial charge in [0.2, 0.25) is 5.91 Å². The van der Waals surface area contributed by atoms with E-state index in [4.69, 9.17) is 0 Å². The monoisotopic (exact) mass is 302 g/mol. The van der Waals surface area contributed by atoms with Gasteiger partial charge >= 0.3 is 0 Å². The van der Waals surface area contributed by atoms with Crippen molar-refractivity contribution in [2.75, 3.05) is 6.54 Å². The number of nitrogens with zero attached hydrogens (tertiary/aromatic N) is 3. The molecule has 1 aromatic heterocycles. The summed E-state index contributed by atoms with van der Waals surface area (Å²) in [4.78, 5) is 11.8. The van der Waals surface area contributed by atoms with E-state index in [1.807, 2.05) is 41.8 Å². The topological polar surface area (TPSA) is 80.0 Å². The first kappa shape index (κ1) is 16.2. The average Bonchev–Trinajstić information content (AvgIpc) is 3.02. The standard InChI is InChI=1S/C16H22N4O2/c1-2-14(21)10-11-17-16(22)9-8-15-19-18-12-20(15)13-6-4-3-5-7-13/h3-7,12,14,21H,2,8-11H2,1H3,(H,17,22). The van der Waals surface area contributed by atoms with E-state index >= 15 is 0 Å². The molecular formula is C16H22N4O2. The molecule has 1 unspecified atom stereocenters. The zero-order chi connectivity index (χ0) is 15.8. The predicted octanol–water partition coefficient (Wildman–Crippen LogP) is 1.48. The van der Waals surface area contributed by atoms with Gasteiger partial charge in [-0.05, 0) is 25.0 Å². The number of benzene rings is 1. The number of aromatic nitrogens is 3. The van der Waals surface area contributed by atoms with E-state index in [2.05, 4.69) is 15.5 Å². The van der Waals surface area contributed by atoms with Crippen LogP contribution >= 0.6 is 0 Å². The van der Waals surface area contributed by atoms with Gasteiger partial charge in [0.15, 0.2) is 0 Å². The van der Waals surface area contributed by atoms with Gasteiger partial charge in [-0.2, -0.15) is 0 Å². The van der Waals surface area contributed by atoms with E-state index in [0.29, 0.717) is 32.2 Å². The van der Waals surface area contributed by atoms with Crippen LogP contribution in [0.4, 0.5) is 0 Å². The Morgan fingerprint density at radius 2 is 2.14 bits per heavy atom. The van der Waals surface area contributed by atoms with Crippen molar-refractivity contribution >= 4 is 5.91 Å². The lowest BCUT2D eigenvalue weighted by atomic mass is 10.2. The third-order valence-electron chi connectivity index (χ3n) is 3.50. The normalized spacial score (nSPS) is 12.1. The van der Waals surface area contributed by atoms with E-state index in [9.17, 15) is 9.90 Å². The highest BCUT2D eigenvalue weighted by Crippen LogP contribution is 2.10. The van der Waals surface area contributed by atoms with Crippen molar-refractivity contribution < 1.29 is 9.90 Å². The molecule has 2 aromatic rings. The Morgan fingerprint density at radius 3 is 2.86 bits per heavy atom. The van der Waals surface area contributed by atoms with Crippen LogP contribution in [0.25, 0.3) is 5.69 Å². The van der Waals surface area contributed by atoms with Crippen LogP contribution in [0.3, 0.4) is 0 Å². The maximum Gasteiger partial charge on any atom is 0.220 e. The van der Waals surface area contributed by atoms with Gasteiger partial charge in [-0.3, -0.25) is 9.36 Å². The number of hydrogen-bond donors (Lipinski definition) is 2. The second-order valence-electron chi connectivity index (χ2n) is 5.15. The molecule has 2 N–H and O–H groups in total. The number of rotatable bonds is 8. The molecular weight excluding hydrogens is 280 g/mol. The smallest absolute Gasteiger partial charge is 0.220 e. The number of aryl methyl sites for hydroxylation is 1. The fourth-order valence-electron chi connectivity index (χ4n) is 2.13. The van der Waals surface area contributed by atoms with Gasteiger partial charge in [0.05, 0.1) is 6.10 Å². The van der Waals surface area contributed by atoms with Crippen LogP contribution in [0, 0.1) is 0 Å². The summed E-state index contributed by atoms with van der Waals surface area (Å²) in [6.07, 6.45) is 3.48. The minimum atomic E-state index is -0.346. The van der Waals surface area contributed by atoms with Crippen LogP contribution in [0.1, 0.15) is 32.0 Å². The molecule has 0 saturated heterocycles. The highest BCUT2D eigenvalue weighted by atomic mass is 16.3. The van der Waals surface area contributed by atoms with Crippen molar-refractivity contribution in [2.24, 2.45) is 0 Å². The Morgan fingerprint density at radius 1 is 1.36 bits per heavy atom. The van der Waals surface area contributed by atoms with Crippen LogP contribution in [0.15, 0.2) is 36.7 Å². The second-order valence-corrected chi connectivity index (χ2v) is 5.15. The Labute approximate surface area is 130 Å². The summed E-state index contributed by atoms with van der Waals surface area (Å²) in [6, 6.07) is 9.79. The summed E-state index contributed by atoms with van der Waals surface area (Å²) >= 11 is 0. The van der Waals surface area contributed by atoms with E-state index in [-0.39, 0.29) is 12.0 Å². The summed E-state index contributed by atoms with van der Waals surface area (Å²) in [5, 5.41) is 20.3. The predicted molar refractivity (Wildman–Crippen MR) is 83.6 cm³/mol. The van der Waals surface area contributed by atoms with Crippen molar-refractivity contribution in [1.82, 2.24) is 20.1 Å². The summed E-state index contributed by atoms with van der Waals surface area (Å²) in [7, 11) is 0. The van der Waals surface area contributed by atoms with Gasteiger partial charge in [0, 0.05) is 25.1 Å². The highest BCUT2D eigenvalue weighted by molar-refractivity contribution is 5.76. The lowest BCUT2D eigenvalue weighted by molar-refractivity contribution is -0.121. The summed E-state index contributed by atoms with van der Waals surface area (Å²) in [6.45, 7) is 2.42. The number of carbonyl (C=O) groups excluding carboxylic acids is 1. The fraction of sp³-hybridized carbons (Fsp3) is 0.438. The first-order valence-corrected chi connectivity index (χ1v) is 7.59. The maximum atomic E-state index is 11.8. The molecule has 6 heteroatoms. The molecule has 1 amide bonds. The molecule has 0 bridgehead atoms. The maximum absolute atomic E-state index is 11.8. The number of amides is 1. The van der Waals surface area contributed by atoms with E-state index < -0.39 is 0 Å². The van der Waals surface area contributed by atoms with Crippen LogP contribution in [0.2, 0.25) is 0 Å². The third-order valence-corrected chi connectivity index (χ3v) is 3.50. The zero-order valence-corrected chi connectivity index (χ0v) is 12.8. The number of aliphatic hydroxyl groups is 1. The summed E-state index contributed by atoms with van der Waals surface area (Å²) < 4.78 is 1.88. The van der Waals surface area contributed by atoms with Crippen LogP contribution in [0.5, 0.6) is 0 Å². The molecule has 0 aliphatic rings. The summed E-state index contributed by atoms with van der Waals surface area (Å²) in [5.41, 5.74) is 0.981. The molecule has 6 nitrogen and oxygen atoms in total. The Kier molecular flexibility index (Phi) is 6.09. The molecule has 1 atom stereocenters. The molecule has 1 aromatic carbocycles. The van der Waals surface area contributed by atoms with Gasteiger partial charge in [0.1, 0.15) is 12.2 Å². The number of carbonyl (C=O) groups is 1.